The van der Waals surface area contributed by atoms with Crippen molar-refractivity contribution in [2.75, 3.05) is 6.54 Å². The number of nitrogens with one attached hydrogen (secondary N) is 1. The predicted octanol–water partition coefficient (Wildman–Crippen LogP) is 1.07. The third-order valence-electron chi connectivity index (χ3n) is 1.43. The van der Waals surface area contributed by atoms with Gasteiger partial charge in [0.15, 0.2) is 0 Å². The smallest absolute Gasteiger partial charge is 0.366 e. The molecular formula is C9H12N2O2. The van der Waals surface area contributed by atoms with Gasteiger partial charge in [-0.15, -0.1) is 0 Å². The number of pyridine rings is 1. The van der Waals surface area contributed by atoms with Gasteiger partial charge in [-0.1, -0.05) is 0 Å². The van der Waals surface area contributed by atoms with Crippen molar-refractivity contribution in [3.63, 3.8) is 0 Å². The Bertz CT molecular complexity index is 299. The average molecular weight is 180 g/mol. The fourth-order valence-electron chi connectivity index (χ4n) is 0.838. The van der Waals surface area contributed by atoms with E-state index >= 15 is 0 Å². The van der Waals surface area contributed by atoms with Crippen molar-refractivity contribution >= 4 is 5.97 Å². The van der Waals surface area contributed by atoms with Crippen LogP contribution in [-0.4, -0.2) is 17.5 Å². The summed E-state index contributed by atoms with van der Waals surface area (Å²) in [5.41, 5.74) is 3.78. The number of carbonyl (C=O) groups is 1. The zero-order valence-electron chi connectivity index (χ0n) is 7.70. The van der Waals surface area contributed by atoms with E-state index in [1.54, 1.807) is 12.3 Å². The molecule has 0 spiro atoms. The highest BCUT2D eigenvalue weighted by Gasteiger charge is 2.07. The first-order chi connectivity index (χ1) is 6.24. The minimum Gasteiger partial charge on any atom is -0.366 e. The molecule has 0 aliphatic carbocycles. The lowest BCUT2D eigenvalue weighted by Crippen LogP contribution is -2.20. The van der Waals surface area contributed by atoms with E-state index in [0.29, 0.717) is 12.2 Å². The topological polar surface area (TPSA) is 51.2 Å². The maximum Gasteiger partial charge on any atom is 0.375 e. The first-order valence-electron chi connectivity index (χ1n) is 4.10. The van der Waals surface area contributed by atoms with Crippen LogP contribution in [0.3, 0.4) is 0 Å². The van der Waals surface area contributed by atoms with Crippen molar-refractivity contribution in [1.29, 1.82) is 0 Å². The molecule has 0 unspecified atom stereocenters. The van der Waals surface area contributed by atoms with E-state index < -0.39 is 5.97 Å². The van der Waals surface area contributed by atoms with Crippen LogP contribution >= 0.6 is 0 Å². The quantitative estimate of drug-likeness (QED) is 0.707. The van der Waals surface area contributed by atoms with Crippen molar-refractivity contribution < 1.29 is 9.63 Å². The lowest BCUT2D eigenvalue weighted by molar-refractivity contribution is 0.0258. The van der Waals surface area contributed by atoms with Gasteiger partial charge >= 0.3 is 5.97 Å². The average Bonchev–Trinajstić information content (AvgIpc) is 2.14. The molecule has 0 amide bonds. The largest absolute Gasteiger partial charge is 0.375 e. The second-order valence-electron chi connectivity index (χ2n) is 2.61. The van der Waals surface area contributed by atoms with E-state index in [0.717, 1.165) is 5.56 Å². The van der Waals surface area contributed by atoms with E-state index in [1.165, 1.54) is 0 Å². The molecule has 1 aromatic heterocycles. The van der Waals surface area contributed by atoms with E-state index in [1.807, 2.05) is 19.9 Å². The normalized spacial score (nSPS) is 9.69. The molecule has 1 N–H and O–H groups in total. The lowest BCUT2D eigenvalue weighted by atomic mass is 10.2. The summed E-state index contributed by atoms with van der Waals surface area (Å²) in [7, 11) is 0. The maximum absolute atomic E-state index is 11.2. The van der Waals surface area contributed by atoms with Gasteiger partial charge in [0.1, 0.15) is 5.69 Å². The van der Waals surface area contributed by atoms with Crippen molar-refractivity contribution in [3.8, 4) is 0 Å². The van der Waals surface area contributed by atoms with Gasteiger partial charge in [-0.2, -0.15) is 5.48 Å². The van der Waals surface area contributed by atoms with Crippen LogP contribution in [0.5, 0.6) is 0 Å². The second kappa shape index (κ2) is 4.57. The van der Waals surface area contributed by atoms with Crippen LogP contribution in [0, 0.1) is 6.92 Å². The van der Waals surface area contributed by atoms with Gasteiger partial charge in [0.05, 0.1) is 0 Å². The van der Waals surface area contributed by atoms with Gasteiger partial charge in [0.25, 0.3) is 0 Å². The van der Waals surface area contributed by atoms with Crippen LogP contribution in [0.4, 0.5) is 0 Å². The molecular weight excluding hydrogens is 168 g/mol. The zero-order valence-corrected chi connectivity index (χ0v) is 7.70. The highest BCUT2D eigenvalue weighted by atomic mass is 16.7. The molecule has 4 nitrogen and oxygen atoms in total. The molecule has 70 valence electrons. The number of aryl methyl sites for hydroxylation is 1. The molecule has 0 aliphatic heterocycles. The fourth-order valence-corrected chi connectivity index (χ4v) is 0.838. The zero-order chi connectivity index (χ0) is 9.68. The molecule has 0 saturated heterocycles. The second-order valence-corrected chi connectivity index (χ2v) is 2.61. The molecule has 0 bridgehead atoms. The summed E-state index contributed by atoms with van der Waals surface area (Å²) in [5, 5.41) is 0. The maximum atomic E-state index is 11.2. The molecule has 0 atom stereocenters. The van der Waals surface area contributed by atoms with Crippen molar-refractivity contribution in [3.05, 3.63) is 29.6 Å². The number of rotatable bonds is 3. The summed E-state index contributed by atoms with van der Waals surface area (Å²) >= 11 is 0. The van der Waals surface area contributed by atoms with Gasteiger partial charge in [-0.25, -0.2) is 9.78 Å². The monoisotopic (exact) mass is 180 g/mol. The summed E-state index contributed by atoms with van der Waals surface area (Å²) in [6.45, 7) is 4.32. The van der Waals surface area contributed by atoms with Gasteiger partial charge in [0.2, 0.25) is 0 Å². The van der Waals surface area contributed by atoms with Gasteiger partial charge < -0.3 is 4.84 Å². The Labute approximate surface area is 76.9 Å². The Kier molecular flexibility index (Phi) is 3.40. The molecule has 1 heterocycles. The van der Waals surface area contributed by atoms with Crippen LogP contribution in [0.1, 0.15) is 23.0 Å². The molecule has 13 heavy (non-hydrogen) atoms. The first kappa shape index (κ1) is 9.67. The Balaban J connectivity index is 2.66. The van der Waals surface area contributed by atoms with E-state index in [-0.39, 0.29) is 0 Å². The molecule has 0 radical (unpaired) electrons. The molecule has 0 aliphatic rings. The van der Waals surface area contributed by atoms with E-state index in [2.05, 4.69) is 15.3 Å². The third-order valence-corrected chi connectivity index (χ3v) is 1.43. The van der Waals surface area contributed by atoms with Crippen LogP contribution in [0.25, 0.3) is 0 Å². The number of nitrogens with zero attached hydrogens (tertiary/aromatic N) is 1. The first-order valence-corrected chi connectivity index (χ1v) is 4.10. The summed E-state index contributed by atoms with van der Waals surface area (Å²) in [4.78, 5) is 19.8. The Hall–Kier alpha value is -1.42. The van der Waals surface area contributed by atoms with Crippen LogP contribution < -0.4 is 5.48 Å². The highest BCUT2D eigenvalue weighted by molar-refractivity contribution is 5.87. The third kappa shape index (κ3) is 2.83. The SMILES string of the molecule is CCNOC(=O)c1cc(C)ccn1. The minimum atomic E-state index is -0.453. The summed E-state index contributed by atoms with van der Waals surface area (Å²) in [6, 6.07) is 3.50. The number of hydrogen-bond acceptors (Lipinski definition) is 4. The molecule has 1 rings (SSSR count). The van der Waals surface area contributed by atoms with Crippen molar-refractivity contribution in [1.82, 2.24) is 10.5 Å². The summed E-state index contributed by atoms with van der Waals surface area (Å²) < 4.78 is 0. The minimum absolute atomic E-state index is 0.320. The van der Waals surface area contributed by atoms with Gasteiger partial charge in [-0.05, 0) is 31.5 Å². The van der Waals surface area contributed by atoms with Crippen LogP contribution in [0.15, 0.2) is 18.3 Å². The summed E-state index contributed by atoms with van der Waals surface area (Å²) in [5.74, 6) is -0.453. The number of hydrogen-bond donors (Lipinski definition) is 1. The number of hydroxylamine groups is 1. The van der Waals surface area contributed by atoms with Crippen LogP contribution in [0.2, 0.25) is 0 Å². The molecule has 4 heteroatoms. The standard InChI is InChI=1S/C9H12N2O2/c1-3-11-13-9(12)8-6-7(2)4-5-10-8/h4-6,11H,3H2,1-2H3. The Morgan fingerprint density at radius 2 is 2.46 bits per heavy atom. The summed E-state index contributed by atoms with van der Waals surface area (Å²) in [6.07, 6.45) is 1.58. The Morgan fingerprint density at radius 3 is 3.08 bits per heavy atom. The molecule has 0 fully saturated rings. The van der Waals surface area contributed by atoms with E-state index in [4.69, 9.17) is 0 Å². The lowest BCUT2D eigenvalue weighted by Gasteiger charge is -2.02. The fraction of sp³-hybridized carbons (Fsp3) is 0.333. The molecule has 0 aromatic carbocycles. The number of carbonyl (C=O) groups excluding carboxylic acids is 1. The highest BCUT2D eigenvalue weighted by Crippen LogP contribution is 2.00. The van der Waals surface area contributed by atoms with Gasteiger partial charge in [-0.3, -0.25) is 0 Å². The number of aromatic nitrogens is 1. The van der Waals surface area contributed by atoms with Crippen molar-refractivity contribution in [2.45, 2.75) is 13.8 Å². The van der Waals surface area contributed by atoms with E-state index in [9.17, 15) is 4.79 Å². The molecule has 0 saturated carbocycles. The Morgan fingerprint density at radius 1 is 1.69 bits per heavy atom. The predicted molar refractivity (Wildman–Crippen MR) is 48.1 cm³/mol. The van der Waals surface area contributed by atoms with Crippen LogP contribution in [-0.2, 0) is 4.84 Å². The van der Waals surface area contributed by atoms with Crippen molar-refractivity contribution in [2.24, 2.45) is 0 Å². The molecule has 1 aromatic rings. The van der Waals surface area contributed by atoms with Gasteiger partial charge in [0, 0.05) is 12.7 Å².